The third-order valence-electron chi connectivity index (χ3n) is 8.90. The van der Waals surface area contributed by atoms with Gasteiger partial charge >= 0.3 is 0 Å². The third-order valence-corrected chi connectivity index (χ3v) is 8.90. The molecule has 0 amide bonds. The molecule has 3 atom stereocenters. The number of carbonyl (C=O) groups excluding carboxylic acids is 1. The molecule has 4 heteroatoms. The van der Waals surface area contributed by atoms with Crippen molar-refractivity contribution >= 4 is 6.29 Å². The van der Waals surface area contributed by atoms with Crippen LogP contribution in [0.3, 0.4) is 0 Å². The molecule has 3 unspecified atom stereocenters. The van der Waals surface area contributed by atoms with E-state index in [9.17, 15) is 9.90 Å². The lowest BCUT2D eigenvalue weighted by Gasteiger charge is -2.26. The second-order valence-corrected chi connectivity index (χ2v) is 13.1. The van der Waals surface area contributed by atoms with Crippen molar-refractivity contribution in [2.24, 2.45) is 0 Å². The van der Waals surface area contributed by atoms with E-state index in [0.717, 1.165) is 32.0 Å². The SMILES string of the molecule is C=CC(O)C(OCCCCCCCCCCCCCCCCCC)C(C=O)OCCCCCCCCCCCCCCC. The van der Waals surface area contributed by atoms with Gasteiger partial charge in [-0.25, -0.2) is 0 Å². The first-order chi connectivity index (χ1) is 21.2. The summed E-state index contributed by atoms with van der Waals surface area (Å²) in [5.74, 6) is 0. The predicted molar refractivity (Wildman–Crippen MR) is 187 cm³/mol. The lowest BCUT2D eigenvalue weighted by molar-refractivity contribution is -0.139. The van der Waals surface area contributed by atoms with Gasteiger partial charge in [-0.2, -0.15) is 0 Å². The summed E-state index contributed by atoms with van der Waals surface area (Å²) in [6.07, 6.45) is 38.2. The summed E-state index contributed by atoms with van der Waals surface area (Å²) in [6, 6.07) is 0. The van der Waals surface area contributed by atoms with E-state index in [1.165, 1.54) is 167 Å². The van der Waals surface area contributed by atoms with Crippen molar-refractivity contribution in [2.45, 2.75) is 218 Å². The highest BCUT2D eigenvalue weighted by Crippen LogP contribution is 2.16. The Morgan fingerprint density at radius 3 is 1.05 bits per heavy atom. The Labute approximate surface area is 269 Å². The monoisotopic (exact) mass is 609 g/mol. The van der Waals surface area contributed by atoms with Gasteiger partial charge in [0, 0.05) is 13.2 Å². The van der Waals surface area contributed by atoms with Gasteiger partial charge in [0.05, 0.1) is 0 Å². The molecule has 0 spiro atoms. The fourth-order valence-electron chi connectivity index (χ4n) is 5.94. The Balaban J connectivity index is 3.74. The van der Waals surface area contributed by atoms with Gasteiger partial charge < -0.3 is 19.4 Å². The smallest absolute Gasteiger partial charge is 0.151 e. The summed E-state index contributed by atoms with van der Waals surface area (Å²) >= 11 is 0. The first-order valence-corrected chi connectivity index (χ1v) is 19.2. The van der Waals surface area contributed by atoms with Crippen molar-refractivity contribution in [1.82, 2.24) is 0 Å². The highest BCUT2D eigenvalue weighted by atomic mass is 16.5. The van der Waals surface area contributed by atoms with Crippen molar-refractivity contribution in [3.63, 3.8) is 0 Å². The van der Waals surface area contributed by atoms with E-state index >= 15 is 0 Å². The molecule has 0 saturated carbocycles. The van der Waals surface area contributed by atoms with E-state index in [4.69, 9.17) is 9.47 Å². The average molecular weight is 609 g/mol. The van der Waals surface area contributed by atoms with E-state index in [2.05, 4.69) is 20.4 Å². The molecule has 43 heavy (non-hydrogen) atoms. The Morgan fingerprint density at radius 2 is 0.767 bits per heavy atom. The van der Waals surface area contributed by atoms with Crippen LogP contribution in [0.2, 0.25) is 0 Å². The van der Waals surface area contributed by atoms with E-state index in [0.29, 0.717) is 13.2 Å². The van der Waals surface area contributed by atoms with Gasteiger partial charge in [-0.3, -0.25) is 0 Å². The molecule has 0 aliphatic carbocycles. The molecule has 0 aliphatic heterocycles. The Bertz CT molecular complexity index is 551. The fourth-order valence-corrected chi connectivity index (χ4v) is 5.94. The minimum Gasteiger partial charge on any atom is -0.386 e. The Morgan fingerprint density at radius 1 is 0.488 bits per heavy atom. The lowest BCUT2D eigenvalue weighted by atomic mass is 10.0. The molecule has 1 N–H and O–H groups in total. The van der Waals surface area contributed by atoms with Crippen LogP contribution in [-0.2, 0) is 14.3 Å². The molecular formula is C39H76O4. The van der Waals surface area contributed by atoms with Gasteiger partial charge in [-0.1, -0.05) is 193 Å². The molecule has 0 saturated heterocycles. The zero-order valence-corrected chi connectivity index (χ0v) is 29.2. The molecule has 0 aromatic heterocycles. The van der Waals surface area contributed by atoms with Crippen LogP contribution in [0.25, 0.3) is 0 Å². The van der Waals surface area contributed by atoms with Crippen molar-refractivity contribution in [2.75, 3.05) is 13.2 Å². The molecule has 4 nitrogen and oxygen atoms in total. The highest BCUT2D eigenvalue weighted by Gasteiger charge is 2.28. The molecule has 0 aromatic carbocycles. The van der Waals surface area contributed by atoms with E-state index < -0.39 is 18.3 Å². The minimum atomic E-state index is -0.900. The standard InChI is InChI=1S/C39H76O4/c1-4-7-9-11-13-15-17-19-20-21-23-25-27-29-31-33-35-43-39(37(41)6-3)38(36-40)42-34-32-30-28-26-24-22-18-16-14-12-10-8-5-2/h6,36-39,41H,3-5,7-35H2,1-2H3. The van der Waals surface area contributed by atoms with Crippen molar-refractivity contribution in [3.05, 3.63) is 12.7 Å². The van der Waals surface area contributed by atoms with Crippen LogP contribution >= 0.6 is 0 Å². The summed E-state index contributed by atoms with van der Waals surface area (Å²) in [5.41, 5.74) is 0. The zero-order valence-electron chi connectivity index (χ0n) is 29.2. The van der Waals surface area contributed by atoms with Gasteiger partial charge in [0.1, 0.15) is 18.3 Å². The summed E-state index contributed by atoms with van der Waals surface area (Å²) in [6.45, 7) is 9.33. The number of unbranched alkanes of at least 4 members (excludes halogenated alkanes) is 27. The van der Waals surface area contributed by atoms with Gasteiger partial charge in [0.25, 0.3) is 0 Å². The number of rotatable bonds is 37. The molecule has 0 bridgehead atoms. The third kappa shape index (κ3) is 29.7. The van der Waals surface area contributed by atoms with Crippen molar-refractivity contribution in [1.29, 1.82) is 0 Å². The van der Waals surface area contributed by atoms with Gasteiger partial charge in [-0.15, -0.1) is 6.58 Å². The van der Waals surface area contributed by atoms with Crippen LogP contribution < -0.4 is 0 Å². The molecule has 256 valence electrons. The number of carbonyl (C=O) groups is 1. The molecule has 0 aromatic rings. The number of aldehydes is 1. The summed E-state index contributed by atoms with van der Waals surface area (Å²) in [7, 11) is 0. The zero-order chi connectivity index (χ0) is 31.5. The van der Waals surface area contributed by atoms with Gasteiger partial charge in [-0.05, 0) is 12.8 Å². The fraction of sp³-hybridized carbons (Fsp3) is 0.923. The number of ether oxygens (including phenoxy) is 2. The van der Waals surface area contributed by atoms with Crippen molar-refractivity contribution in [3.8, 4) is 0 Å². The Kier molecular flexibility index (Phi) is 35.2. The van der Waals surface area contributed by atoms with Crippen LogP contribution in [0.15, 0.2) is 12.7 Å². The summed E-state index contributed by atoms with van der Waals surface area (Å²) < 4.78 is 11.8. The second-order valence-electron chi connectivity index (χ2n) is 13.1. The van der Waals surface area contributed by atoms with Crippen LogP contribution in [0.1, 0.15) is 200 Å². The molecule has 0 rings (SSSR count). The molecule has 0 aliphatic rings. The molecule has 0 fully saturated rings. The maximum Gasteiger partial charge on any atom is 0.151 e. The van der Waals surface area contributed by atoms with Crippen molar-refractivity contribution < 1.29 is 19.4 Å². The van der Waals surface area contributed by atoms with Crippen LogP contribution in [0, 0.1) is 0 Å². The maximum atomic E-state index is 11.8. The van der Waals surface area contributed by atoms with Crippen LogP contribution in [0.5, 0.6) is 0 Å². The predicted octanol–water partition coefficient (Wildman–Crippen LogP) is 11.9. The van der Waals surface area contributed by atoms with Crippen LogP contribution in [0.4, 0.5) is 0 Å². The number of aliphatic hydroxyl groups is 1. The van der Waals surface area contributed by atoms with Crippen LogP contribution in [-0.4, -0.2) is 42.9 Å². The lowest BCUT2D eigenvalue weighted by Crippen LogP contribution is -2.42. The summed E-state index contributed by atoms with van der Waals surface area (Å²) in [5, 5.41) is 10.4. The topological polar surface area (TPSA) is 55.8 Å². The van der Waals surface area contributed by atoms with E-state index in [1.54, 1.807) is 0 Å². The second kappa shape index (κ2) is 35.8. The van der Waals surface area contributed by atoms with Gasteiger partial charge in [0.2, 0.25) is 0 Å². The van der Waals surface area contributed by atoms with Gasteiger partial charge in [0.15, 0.2) is 6.29 Å². The molecule has 0 radical (unpaired) electrons. The molecular weight excluding hydrogens is 532 g/mol. The van der Waals surface area contributed by atoms with E-state index in [-0.39, 0.29) is 0 Å². The first kappa shape index (κ1) is 42.3. The quantitative estimate of drug-likeness (QED) is 0.0433. The average Bonchev–Trinajstić information content (AvgIpc) is 3.02. The minimum absolute atomic E-state index is 0.532. The number of hydrogen-bond acceptors (Lipinski definition) is 4. The Hall–Kier alpha value is -0.710. The highest BCUT2D eigenvalue weighted by molar-refractivity contribution is 5.57. The summed E-state index contributed by atoms with van der Waals surface area (Å²) in [4.78, 5) is 11.8. The van der Waals surface area contributed by atoms with E-state index in [1.807, 2.05) is 0 Å². The maximum absolute atomic E-state index is 11.8. The number of aliphatic hydroxyl groups excluding tert-OH is 1. The molecule has 0 heterocycles. The largest absolute Gasteiger partial charge is 0.386 e. The number of hydrogen-bond donors (Lipinski definition) is 1. The normalized spacial score (nSPS) is 13.7. The first-order valence-electron chi connectivity index (χ1n) is 19.2.